The summed E-state index contributed by atoms with van der Waals surface area (Å²) in [6.07, 6.45) is 0. The number of ether oxygens (including phenoxy) is 2. The van der Waals surface area contributed by atoms with Gasteiger partial charge in [-0.05, 0) is 29.8 Å². The van der Waals surface area contributed by atoms with Gasteiger partial charge in [0.25, 0.3) is 0 Å². The molecule has 0 saturated heterocycles. The first-order valence-electron chi connectivity index (χ1n) is 6.37. The Balaban J connectivity index is 1.99. The van der Waals surface area contributed by atoms with Crippen molar-refractivity contribution in [1.29, 1.82) is 0 Å². The molecule has 3 nitrogen and oxygen atoms in total. The Hall–Kier alpha value is -2.44. The molecule has 0 saturated carbocycles. The van der Waals surface area contributed by atoms with E-state index in [1.807, 2.05) is 48.5 Å². The summed E-state index contributed by atoms with van der Waals surface area (Å²) in [4.78, 5) is 0. The summed E-state index contributed by atoms with van der Waals surface area (Å²) in [6.45, 7) is 0.789. The number of rotatable bonds is 4. The van der Waals surface area contributed by atoms with Crippen molar-refractivity contribution in [3.8, 4) is 23.3 Å². The van der Waals surface area contributed by atoms with Crippen LogP contribution >= 0.6 is 0 Å². The molecular weight excluding hydrogens is 250 g/mol. The molecule has 3 heteroatoms. The SMILES string of the molecule is COc1cc(CN)ccc1OCC#Cc1ccccc1. The molecule has 0 aliphatic carbocycles. The smallest absolute Gasteiger partial charge is 0.162 e. The fraction of sp³-hybridized carbons (Fsp3) is 0.176. The molecule has 0 radical (unpaired) electrons. The third-order valence-corrected chi connectivity index (χ3v) is 2.77. The van der Waals surface area contributed by atoms with Crippen LogP contribution in [0.5, 0.6) is 11.5 Å². The first-order chi connectivity index (χ1) is 9.83. The van der Waals surface area contributed by atoms with Crippen LogP contribution in [0.1, 0.15) is 11.1 Å². The molecule has 20 heavy (non-hydrogen) atoms. The highest BCUT2D eigenvalue weighted by molar-refractivity contribution is 5.43. The number of hydrogen-bond acceptors (Lipinski definition) is 3. The van der Waals surface area contributed by atoms with E-state index >= 15 is 0 Å². The van der Waals surface area contributed by atoms with Gasteiger partial charge >= 0.3 is 0 Å². The molecule has 0 aliphatic rings. The highest BCUT2D eigenvalue weighted by Gasteiger charge is 2.04. The molecule has 2 N–H and O–H groups in total. The maximum absolute atomic E-state index is 5.61. The van der Waals surface area contributed by atoms with Gasteiger partial charge in [0, 0.05) is 12.1 Å². The van der Waals surface area contributed by atoms with Crippen molar-refractivity contribution in [3.63, 3.8) is 0 Å². The summed E-state index contributed by atoms with van der Waals surface area (Å²) in [5, 5.41) is 0. The number of benzene rings is 2. The zero-order valence-electron chi connectivity index (χ0n) is 11.4. The third-order valence-electron chi connectivity index (χ3n) is 2.77. The van der Waals surface area contributed by atoms with E-state index in [0.717, 1.165) is 11.1 Å². The van der Waals surface area contributed by atoms with Gasteiger partial charge in [0.1, 0.15) is 6.61 Å². The highest BCUT2D eigenvalue weighted by atomic mass is 16.5. The maximum atomic E-state index is 5.61. The summed E-state index contributed by atoms with van der Waals surface area (Å²) in [5.74, 6) is 7.37. The van der Waals surface area contributed by atoms with E-state index in [1.54, 1.807) is 7.11 Å². The standard InChI is InChI=1S/C17H17NO2/c1-19-17-12-15(13-18)9-10-16(17)20-11-5-8-14-6-3-2-4-7-14/h2-4,6-7,9-10,12H,11,13,18H2,1H3. The van der Waals surface area contributed by atoms with Crippen molar-refractivity contribution in [1.82, 2.24) is 0 Å². The Morgan fingerprint density at radius 1 is 1.05 bits per heavy atom. The Morgan fingerprint density at radius 3 is 2.55 bits per heavy atom. The average Bonchev–Trinajstić information content (AvgIpc) is 2.52. The summed E-state index contributed by atoms with van der Waals surface area (Å²) in [7, 11) is 1.61. The molecule has 0 atom stereocenters. The fourth-order valence-electron chi connectivity index (χ4n) is 1.73. The number of nitrogens with two attached hydrogens (primary N) is 1. The molecule has 0 aliphatic heterocycles. The van der Waals surface area contributed by atoms with E-state index in [0.29, 0.717) is 24.7 Å². The van der Waals surface area contributed by atoms with Gasteiger partial charge in [0.2, 0.25) is 0 Å². The second-order valence-electron chi connectivity index (χ2n) is 4.15. The van der Waals surface area contributed by atoms with Gasteiger partial charge in [0.05, 0.1) is 7.11 Å². The lowest BCUT2D eigenvalue weighted by atomic mass is 10.2. The number of methoxy groups -OCH3 is 1. The maximum Gasteiger partial charge on any atom is 0.162 e. The summed E-state index contributed by atoms with van der Waals surface area (Å²) >= 11 is 0. The molecule has 0 heterocycles. The van der Waals surface area contributed by atoms with E-state index in [1.165, 1.54) is 0 Å². The van der Waals surface area contributed by atoms with Crippen LogP contribution in [0.25, 0.3) is 0 Å². The van der Waals surface area contributed by atoms with Gasteiger partial charge in [-0.1, -0.05) is 36.1 Å². The highest BCUT2D eigenvalue weighted by Crippen LogP contribution is 2.27. The Morgan fingerprint density at radius 2 is 1.85 bits per heavy atom. The van der Waals surface area contributed by atoms with E-state index in [4.69, 9.17) is 15.2 Å². The third kappa shape index (κ3) is 3.78. The van der Waals surface area contributed by atoms with Gasteiger partial charge in [-0.25, -0.2) is 0 Å². The topological polar surface area (TPSA) is 44.5 Å². The first-order valence-corrected chi connectivity index (χ1v) is 6.37. The van der Waals surface area contributed by atoms with Gasteiger partial charge < -0.3 is 15.2 Å². The molecule has 0 aromatic heterocycles. The average molecular weight is 267 g/mol. The Bertz CT molecular complexity index is 612. The molecule has 0 fully saturated rings. The lowest BCUT2D eigenvalue weighted by molar-refractivity contribution is 0.330. The fourth-order valence-corrected chi connectivity index (χ4v) is 1.73. The predicted octanol–water partition coefficient (Wildman–Crippen LogP) is 2.58. The van der Waals surface area contributed by atoms with Crippen molar-refractivity contribution in [2.75, 3.05) is 13.7 Å². The second kappa shape index (κ2) is 7.22. The van der Waals surface area contributed by atoms with Gasteiger partial charge in [-0.15, -0.1) is 0 Å². The van der Waals surface area contributed by atoms with Crippen LogP contribution in [-0.2, 0) is 6.54 Å². The molecule has 2 aromatic carbocycles. The van der Waals surface area contributed by atoms with Crippen LogP contribution in [-0.4, -0.2) is 13.7 Å². The van der Waals surface area contributed by atoms with Crippen molar-refractivity contribution in [2.24, 2.45) is 5.73 Å². The largest absolute Gasteiger partial charge is 0.493 e. The Kier molecular flexibility index (Phi) is 5.05. The molecule has 2 rings (SSSR count). The van der Waals surface area contributed by atoms with Crippen molar-refractivity contribution >= 4 is 0 Å². The van der Waals surface area contributed by atoms with E-state index in [2.05, 4.69) is 11.8 Å². The minimum absolute atomic E-state index is 0.313. The van der Waals surface area contributed by atoms with E-state index < -0.39 is 0 Å². The van der Waals surface area contributed by atoms with Crippen LogP contribution in [0.4, 0.5) is 0 Å². The zero-order valence-corrected chi connectivity index (χ0v) is 11.4. The minimum Gasteiger partial charge on any atom is -0.493 e. The second-order valence-corrected chi connectivity index (χ2v) is 4.15. The molecule has 2 aromatic rings. The van der Waals surface area contributed by atoms with Crippen LogP contribution in [0.15, 0.2) is 48.5 Å². The number of hydrogen-bond donors (Lipinski definition) is 1. The predicted molar refractivity (Wildman–Crippen MR) is 79.7 cm³/mol. The quantitative estimate of drug-likeness (QED) is 0.866. The molecule has 0 bridgehead atoms. The lowest BCUT2D eigenvalue weighted by Gasteiger charge is -2.09. The normalized spacial score (nSPS) is 9.50. The van der Waals surface area contributed by atoms with E-state index in [9.17, 15) is 0 Å². The van der Waals surface area contributed by atoms with Gasteiger partial charge in [-0.2, -0.15) is 0 Å². The summed E-state index contributed by atoms with van der Waals surface area (Å²) in [6, 6.07) is 15.4. The van der Waals surface area contributed by atoms with Crippen LogP contribution in [0.3, 0.4) is 0 Å². The Labute approximate surface area is 119 Å². The minimum atomic E-state index is 0.313. The summed E-state index contributed by atoms with van der Waals surface area (Å²) in [5.41, 5.74) is 7.57. The van der Waals surface area contributed by atoms with Crippen molar-refractivity contribution < 1.29 is 9.47 Å². The zero-order chi connectivity index (χ0) is 14.2. The molecule has 102 valence electrons. The van der Waals surface area contributed by atoms with Gasteiger partial charge in [-0.3, -0.25) is 0 Å². The monoisotopic (exact) mass is 267 g/mol. The van der Waals surface area contributed by atoms with Crippen LogP contribution in [0, 0.1) is 11.8 Å². The first kappa shape index (κ1) is 14.0. The summed E-state index contributed by atoms with van der Waals surface area (Å²) < 4.78 is 10.9. The van der Waals surface area contributed by atoms with Crippen molar-refractivity contribution in [3.05, 3.63) is 59.7 Å². The molecular formula is C17H17NO2. The van der Waals surface area contributed by atoms with Gasteiger partial charge in [0.15, 0.2) is 11.5 Å². The molecule has 0 amide bonds. The van der Waals surface area contributed by atoms with E-state index in [-0.39, 0.29) is 0 Å². The lowest BCUT2D eigenvalue weighted by Crippen LogP contribution is -2.00. The molecule has 0 spiro atoms. The molecule has 0 unspecified atom stereocenters. The van der Waals surface area contributed by atoms with Crippen LogP contribution < -0.4 is 15.2 Å². The van der Waals surface area contributed by atoms with Crippen molar-refractivity contribution in [2.45, 2.75) is 6.54 Å². The van der Waals surface area contributed by atoms with Crippen LogP contribution in [0.2, 0.25) is 0 Å².